The van der Waals surface area contributed by atoms with E-state index in [2.05, 4.69) is 0 Å². The van der Waals surface area contributed by atoms with Gasteiger partial charge in [-0.2, -0.15) is 0 Å². The second-order valence-electron chi connectivity index (χ2n) is 5.39. The summed E-state index contributed by atoms with van der Waals surface area (Å²) in [6.07, 6.45) is 7.34. The Labute approximate surface area is 133 Å². The standard InChI is InChI=1S/C18H15NO4/c20-18-14(10-13-4-1-7-16(11-13)19(21)22)5-2-6-15(18)12-17-8-3-9-23-17/h1,3-4,7-12H,2,5-6H2. The van der Waals surface area contributed by atoms with E-state index in [4.69, 9.17) is 4.42 Å². The molecule has 0 unspecified atom stereocenters. The van der Waals surface area contributed by atoms with Gasteiger partial charge in [-0.25, -0.2) is 0 Å². The molecule has 2 aromatic rings. The molecule has 116 valence electrons. The van der Waals surface area contributed by atoms with E-state index >= 15 is 0 Å². The fraction of sp³-hybridized carbons (Fsp3) is 0.167. The van der Waals surface area contributed by atoms with Crippen LogP contribution in [0.3, 0.4) is 0 Å². The van der Waals surface area contributed by atoms with Gasteiger partial charge in [0.1, 0.15) is 5.76 Å². The van der Waals surface area contributed by atoms with Crippen LogP contribution in [0.1, 0.15) is 30.6 Å². The van der Waals surface area contributed by atoms with Crippen LogP contribution in [0.25, 0.3) is 12.2 Å². The first-order valence-electron chi connectivity index (χ1n) is 7.37. The van der Waals surface area contributed by atoms with E-state index in [-0.39, 0.29) is 11.5 Å². The molecule has 5 heteroatoms. The summed E-state index contributed by atoms with van der Waals surface area (Å²) >= 11 is 0. The van der Waals surface area contributed by atoms with E-state index in [1.807, 2.05) is 0 Å². The zero-order valence-electron chi connectivity index (χ0n) is 12.4. The van der Waals surface area contributed by atoms with Crippen molar-refractivity contribution in [2.75, 3.05) is 0 Å². The number of Topliss-reactive ketones (excluding diaryl/α,β-unsaturated/α-hetero) is 1. The Hall–Kier alpha value is -2.95. The maximum absolute atomic E-state index is 12.6. The van der Waals surface area contributed by atoms with Gasteiger partial charge in [-0.3, -0.25) is 14.9 Å². The summed E-state index contributed by atoms with van der Waals surface area (Å²) in [5.41, 5.74) is 2.08. The van der Waals surface area contributed by atoms with Gasteiger partial charge >= 0.3 is 0 Å². The zero-order chi connectivity index (χ0) is 16.2. The lowest BCUT2D eigenvalue weighted by molar-refractivity contribution is -0.384. The lowest BCUT2D eigenvalue weighted by Crippen LogP contribution is -2.12. The molecule has 23 heavy (non-hydrogen) atoms. The first-order valence-corrected chi connectivity index (χ1v) is 7.37. The molecule has 0 atom stereocenters. The molecule has 1 aromatic heterocycles. The minimum Gasteiger partial charge on any atom is -0.465 e. The van der Waals surface area contributed by atoms with Crippen molar-refractivity contribution in [1.29, 1.82) is 0 Å². The number of rotatable bonds is 3. The number of furan rings is 1. The van der Waals surface area contributed by atoms with Crippen molar-refractivity contribution in [2.24, 2.45) is 0 Å². The first-order chi connectivity index (χ1) is 11.1. The minimum atomic E-state index is -0.438. The Bertz CT molecular complexity index is 800. The summed E-state index contributed by atoms with van der Waals surface area (Å²) in [6.45, 7) is 0. The second-order valence-corrected chi connectivity index (χ2v) is 5.39. The predicted octanol–water partition coefficient (Wildman–Crippen LogP) is 4.41. The van der Waals surface area contributed by atoms with E-state index in [1.165, 1.54) is 12.1 Å². The number of ketones is 1. The third-order valence-electron chi connectivity index (χ3n) is 3.76. The summed E-state index contributed by atoms with van der Waals surface area (Å²) in [5.74, 6) is 0.643. The highest BCUT2D eigenvalue weighted by Gasteiger charge is 2.21. The highest BCUT2D eigenvalue weighted by molar-refractivity contribution is 6.13. The van der Waals surface area contributed by atoms with Crippen molar-refractivity contribution in [3.05, 3.63) is 75.2 Å². The smallest absolute Gasteiger partial charge is 0.270 e. The molecule has 1 aliphatic rings. The van der Waals surface area contributed by atoms with Crippen molar-refractivity contribution in [3.8, 4) is 0 Å². The number of carbonyl (C=O) groups is 1. The fourth-order valence-electron chi connectivity index (χ4n) is 2.65. The molecule has 0 aliphatic heterocycles. The van der Waals surface area contributed by atoms with E-state index < -0.39 is 4.92 Å². The van der Waals surface area contributed by atoms with Crippen LogP contribution in [0.4, 0.5) is 5.69 Å². The van der Waals surface area contributed by atoms with Crippen molar-refractivity contribution in [3.63, 3.8) is 0 Å². The van der Waals surface area contributed by atoms with Crippen molar-refractivity contribution >= 4 is 23.6 Å². The molecule has 1 heterocycles. The molecule has 1 aromatic carbocycles. The second kappa shape index (κ2) is 6.44. The summed E-state index contributed by atoms with van der Waals surface area (Å²) in [7, 11) is 0. The number of hydrogen-bond donors (Lipinski definition) is 0. The van der Waals surface area contributed by atoms with E-state index in [0.29, 0.717) is 35.3 Å². The van der Waals surface area contributed by atoms with Gasteiger partial charge in [-0.1, -0.05) is 12.1 Å². The van der Waals surface area contributed by atoms with Crippen LogP contribution in [0.5, 0.6) is 0 Å². The highest BCUT2D eigenvalue weighted by Crippen LogP contribution is 2.28. The fourth-order valence-corrected chi connectivity index (χ4v) is 2.65. The third-order valence-corrected chi connectivity index (χ3v) is 3.76. The number of non-ortho nitro benzene ring substituents is 1. The normalized spacial score (nSPS) is 18.5. The quantitative estimate of drug-likeness (QED) is 0.478. The van der Waals surface area contributed by atoms with E-state index in [9.17, 15) is 14.9 Å². The summed E-state index contributed by atoms with van der Waals surface area (Å²) in [4.78, 5) is 23.0. The number of allylic oxidation sites excluding steroid dienone is 2. The molecule has 0 spiro atoms. The van der Waals surface area contributed by atoms with Crippen LogP contribution in [-0.2, 0) is 4.79 Å². The average Bonchev–Trinajstić information content (AvgIpc) is 3.04. The summed E-state index contributed by atoms with van der Waals surface area (Å²) in [6, 6.07) is 9.88. The Balaban J connectivity index is 1.89. The highest BCUT2D eigenvalue weighted by atomic mass is 16.6. The Kier molecular flexibility index (Phi) is 4.19. The number of carbonyl (C=O) groups excluding carboxylic acids is 1. The number of nitro groups is 1. The van der Waals surface area contributed by atoms with Gasteiger partial charge in [-0.15, -0.1) is 0 Å². The Morgan fingerprint density at radius 2 is 1.87 bits per heavy atom. The molecule has 0 radical (unpaired) electrons. The lowest BCUT2D eigenvalue weighted by atomic mass is 9.87. The SMILES string of the molecule is O=C1C(=Cc2cccc([N+](=O)[O-])c2)CCCC1=Cc1ccco1. The molecule has 0 N–H and O–H groups in total. The van der Waals surface area contributed by atoms with E-state index in [0.717, 1.165) is 6.42 Å². The lowest BCUT2D eigenvalue weighted by Gasteiger charge is -2.16. The Morgan fingerprint density at radius 1 is 1.09 bits per heavy atom. The van der Waals surface area contributed by atoms with Gasteiger partial charge in [0, 0.05) is 23.3 Å². The van der Waals surface area contributed by atoms with Crippen LogP contribution in [0.2, 0.25) is 0 Å². The average molecular weight is 309 g/mol. The van der Waals surface area contributed by atoms with E-state index in [1.54, 1.807) is 42.7 Å². The van der Waals surface area contributed by atoms with Gasteiger partial charge in [0.05, 0.1) is 11.2 Å². The molecule has 3 rings (SSSR count). The van der Waals surface area contributed by atoms with Crippen molar-refractivity contribution in [2.45, 2.75) is 19.3 Å². The van der Waals surface area contributed by atoms with Gasteiger partial charge in [0.2, 0.25) is 0 Å². The molecule has 5 nitrogen and oxygen atoms in total. The van der Waals surface area contributed by atoms with Crippen LogP contribution in [-0.4, -0.2) is 10.7 Å². The number of nitrogens with zero attached hydrogens (tertiary/aromatic N) is 1. The molecule has 1 saturated carbocycles. The molecule has 1 aliphatic carbocycles. The summed E-state index contributed by atoms with van der Waals surface area (Å²) < 4.78 is 5.26. The number of benzene rings is 1. The minimum absolute atomic E-state index is 0.0147. The monoisotopic (exact) mass is 309 g/mol. The summed E-state index contributed by atoms with van der Waals surface area (Å²) in [5, 5.41) is 10.8. The van der Waals surface area contributed by atoms with Gasteiger partial charge in [-0.05, 0) is 49.1 Å². The van der Waals surface area contributed by atoms with Crippen LogP contribution in [0, 0.1) is 10.1 Å². The van der Waals surface area contributed by atoms with Gasteiger partial charge in [0.25, 0.3) is 5.69 Å². The molecular formula is C18H15NO4. The van der Waals surface area contributed by atoms with Crippen molar-refractivity contribution in [1.82, 2.24) is 0 Å². The number of nitro benzene ring substituents is 1. The van der Waals surface area contributed by atoms with Crippen LogP contribution >= 0.6 is 0 Å². The van der Waals surface area contributed by atoms with Gasteiger partial charge < -0.3 is 4.42 Å². The topological polar surface area (TPSA) is 73.3 Å². The molecule has 1 fully saturated rings. The molecule has 0 saturated heterocycles. The molecular weight excluding hydrogens is 294 g/mol. The largest absolute Gasteiger partial charge is 0.465 e. The van der Waals surface area contributed by atoms with Crippen LogP contribution < -0.4 is 0 Å². The molecule has 0 bridgehead atoms. The number of hydrogen-bond acceptors (Lipinski definition) is 4. The maximum Gasteiger partial charge on any atom is 0.270 e. The van der Waals surface area contributed by atoms with Crippen LogP contribution in [0.15, 0.2) is 58.2 Å². The molecule has 0 amide bonds. The third kappa shape index (κ3) is 3.45. The van der Waals surface area contributed by atoms with Gasteiger partial charge in [0.15, 0.2) is 5.78 Å². The maximum atomic E-state index is 12.6. The zero-order valence-corrected chi connectivity index (χ0v) is 12.4. The Morgan fingerprint density at radius 3 is 2.57 bits per heavy atom. The van der Waals surface area contributed by atoms with Crippen molar-refractivity contribution < 1.29 is 14.1 Å². The first kappa shape index (κ1) is 15.0. The predicted molar refractivity (Wildman–Crippen MR) is 86.6 cm³/mol.